The predicted molar refractivity (Wildman–Crippen MR) is 161 cm³/mol. The van der Waals surface area contributed by atoms with Crippen LogP contribution in [0, 0.1) is 29.5 Å². The zero-order valence-corrected chi connectivity index (χ0v) is 25.1. The largest absolute Gasteiger partial charge is 0.325 e. The van der Waals surface area contributed by atoms with Crippen LogP contribution in [0.15, 0.2) is 60.7 Å². The molecule has 216 valence electrons. The van der Waals surface area contributed by atoms with Crippen LogP contribution in [0.1, 0.15) is 49.8 Å². The topological polar surface area (TPSA) is 119 Å². The molecule has 0 spiro atoms. The number of amides is 1. The Balaban J connectivity index is 1.67. The van der Waals surface area contributed by atoms with Gasteiger partial charge < -0.3 is 10.6 Å². The summed E-state index contributed by atoms with van der Waals surface area (Å²) in [6.45, 7) is 7.99. The molecule has 0 saturated carbocycles. The van der Waals surface area contributed by atoms with Gasteiger partial charge in [-0.25, -0.2) is 9.49 Å². The number of tetrazole rings is 1. The highest BCUT2D eigenvalue weighted by Gasteiger charge is 2.60. The van der Waals surface area contributed by atoms with Crippen molar-refractivity contribution in [2.24, 2.45) is 5.41 Å². The zero-order valence-electron chi connectivity index (χ0n) is 23.5. The van der Waals surface area contributed by atoms with Gasteiger partial charge in [0.25, 0.3) is 0 Å². The molecule has 4 atom stereocenters. The van der Waals surface area contributed by atoms with Gasteiger partial charge in [-0.15, -0.1) is 5.10 Å². The smallest absolute Gasteiger partial charge is 0.242 e. The molecule has 3 N–H and O–H groups in total. The lowest BCUT2D eigenvalue weighted by Crippen LogP contribution is -2.44. The number of hydrogen-bond donors (Lipinski definition) is 3. The van der Waals surface area contributed by atoms with Crippen molar-refractivity contribution in [3.63, 3.8) is 0 Å². The minimum absolute atomic E-state index is 0.177. The number of nitriles is 1. The maximum Gasteiger partial charge on any atom is 0.242 e. The first-order valence-electron chi connectivity index (χ1n) is 13.5. The molecule has 2 heterocycles. The fourth-order valence-corrected chi connectivity index (χ4v) is 6.34. The second-order valence-electron chi connectivity index (χ2n) is 11.8. The number of rotatable bonds is 6. The average molecular weight is 607 g/mol. The zero-order chi connectivity index (χ0) is 30.2. The van der Waals surface area contributed by atoms with Gasteiger partial charge >= 0.3 is 0 Å². The third kappa shape index (κ3) is 5.50. The highest BCUT2D eigenvalue weighted by Crippen LogP contribution is 2.53. The summed E-state index contributed by atoms with van der Waals surface area (Å²) in [5.74, 6) is -1.34. The van der Waals surface area contributed by atoms with E-state index in [4.69, 9.17) is 23.2 Å². The summed E-state index contributed by atoms with van der Waals surface area (Å²) in [4.78, 5) is 14.2. The number of nitrogens with zero attached hydrogens (tertiary/aromatic N) is 4. The number of hydrogen-bond acceptors (Lipinski definition) is 6. The van der Waals surface area contributed by atoms with E-state index in [1.54, 1.807) is 42.5 Å². The predicted octanol–water partition coefficient (Wildman–Crippen LogP) is 6.58. The third-order valence-corrected chi connectivity index (χ3v) is 8.45. The molecule has 3 aromatic carbocycles. The molecule has 1 aromatic heterocycles. The number of aromatic amines is 1. The number of carbonyl (C=O) groups excluding carboxylic acids is 1. The van der Waals surface area contributed by atoms with Gasteiger partial charge in [-0.3, -0.25) is 4.79 Å². The van der Waals surface area contributed by atoms with Crippen molar-refractivity contribution < 1.29 is 9.18 Å². The minimum Gasteiger partial charge on any atom is -0.325 e. The van der Waals surface area contributed by atoms with Crippen LogP contribution in [0.3, 0.4) is 0 Å². The number of nitrogens with one attached hydrogen (secondary N) is 3. The minimum atomic E-state index is -1.48. The first-order chi connectivity index (χ1) is 19.9. The summed E-state index contributed by atoms with van der Waals surface area (Å²) >= 11 is 12.7. The lowest BCUT2D eigenvalue weighted by molar-refractivity contribution is -0.118. The van der Waals surface area contributed by atoms with Gasteiger partial charge in [0, 0.05) is 38.8 Å². The number of aromatic nitrogens is 4. The lowest BCUT2D eigenvalue weighted by Gasteiger charge is -2.38. The first-order valence-corrected chi connectivity index (χ1v) is 14.2. The van der Waals surface area contributed by atoms with E-state index < -0.39 is 29.2 Å². The van der Waals surface area contributed by atoms with Crippen LogP contribution in [0.5, 0.6) is 0 Å². The van der Waals surface area contributed by atoms with E-state index in [-0.39, 0.29) is 21.9 Å². The standard InChI is InChI=1S/C31H30Cl2FN7O/c1-17-21(9-6-10-23(17)33)26-27(29(42)36-20-8-5-7-18(13-20)28-38-40-41-39-28)37-25(15-30(2,3)4)31(26,16-35)22-12-11-19(32)14-24(22)34/h5-14,25-27,37H,15H2,1-4H3,(H,36,42)(H,38,39,40,41)/t25-,26-,27+,31-/m0/s1. The number of carbonyl (C=O) groups is 1. The molecule has 42 heavy (non-hydrogen) atoms. The van der Waals surface area contributed by atoms with Gasteiger partial charge in [-0.1, -0.05) is 74.3 Å². The molecule has 11 heteroatoms. The second kappa shape index (κ2) is 11.4. The molecule has 5 rings (SSSR count). The van der Waals surface area contributed by atoms with Crippen LogP contribution in [0.4, 0.5) is 10.1 Å². The highest BCUT2D eigenvalue weighted by atomic mass is 35.5. The van der Waals surface area contributed by atoms with E-state index in [1.165, 1.54) is 6.07 Å². The molecule has 1 fully saturated rings. The van der Waals surface area contributed by atoms with Crippen molar-refractivity contribution in [3.8, 4) is 17.5 Å². The Labute approximate surface area is 253 Å². The van der Waals surface area contributed by atoms with Crippen molar-refractivity contribution in [1.29, 1.82) is 5.26 Å². The summed E-state index contributed by atoms with van der Waals surface area (Å²) in [6.07, 6.45) is 0.483. The van der Waals surface area contributed by atoms with E-state index in [0.29, 0.717) is 39.6 Å². The highest BCUT2D eigenvalue weighted by molar-refractivity contribution is 6.31. The van der Waals surface area contributed by atoms with E-state index >= 15 is 4.39 Å². The van der Waals surface area contributed by atoms with Crippen molar-refractivity contribution in [3.05, 3.63) is 93.2 Å². The van der Waals surface area contributed by atoms with Crippen molar-refractivity contribution in [1.82, 2.24) is 25.9 Å². The molecule has 1 amide bonds. The summed E-state index contributed by atoms with van der Waals surface area (Å²) in [7, 11) is 0. The maximum atomic E-state index is 15.9. The van der Waals surface area contributed by atoms with Gasteiger partial charge in [-0.2, -0.15) is 5.26 Å². The van der Waals surface area contributed by atoms with Crippen LogP contribution in [-0.2, 0) is 10.2 Å². The van der Waals surface area contributed by atoms with Crippen LogP contribution >= 0.6 is 23.2 Å². The van der Waals surface area contributed by atoms with E-state index in [2.05, 4.69) is 37.3 Å². The van der Waals surface area contributed by atoms with Gasteiger partial charge in [0.2, 0.25) is 5.91 Å². The Hall–Kier alpha value is -3.84. The van der Waals surface area contributed by atoms with E-state index in [9.17, 15) is 10.1 Å². The average Bonchev–Trinajstić information content (AvgIpc) is 3.57. The van der Waals surface area contributed by atoms with E-state index in [0.717, 1.165) is 0 Å². The van der Waals surface area contributed by atoms with Crippen LogP contribution in [0.2, 0.25) is 10.0 Å². The number of halogens is 3. The van der Waals surface area contributed by atoms with Gasteiger partial charge in [0.1, 0.15) is 11.2 Å². The van der Waals surface area contributed by atoms with Gasteiger partial charge in [0.15, 0.2) is 5.82 Å². The molecule has 4 aromatic rings. The lowest BCUT2D eigenvalue weighted by atomic mass is 9.62. The number of anilines is 1. The molecular formula is C31H30Cl2FN7O. The molecular weight excluding hydrogens is 576 g/mol. The number of H-pyrrole nitrogens is 1. The summed E-state index contributed by atoms with van der Waals surface area (Å²) in [5.41, 5.74) is 1.03. The quantitative estimate of drug-likeness (QED) is 0.228. The van der Waals surface area contributed by atoms with Crippen LogP contribution in [0.25, 0.3) is 11.4 Å². The Kier molecular flexibility index (Phi) is 8.08. The van der Waals surface area contributed by atoms with Gasteiger partial charge in [-0.05, 0) is 70.6 Å². The summed E-state index contributed by atoms with van der Waals surface area (Å²) in [6, 6.07) is 17.8. The first kappa shape index (κ1) is 29.6. The van der Waals surface area contributed by atoms with E-state index in [1.807, 2.05) is 39.8 Å². The fourth-order valence-electron chi connectivity index (χ4n) is 6.00. The van der Waals surface area contributed by atoms with Crippen molar-refractivity contribution in [2.45, 2.75) is 57.5 Å². The Morgan fingerprint density at radius 1 is 1.14 bits per heavy atom. The van der Waals surface area contributed by atoms with Crippen LogP contribution in [-0.4, -0.2) is 38.6 Å². The Morgan fingerprint density at radius 3 is 2.57 bits per heavy atom. The molecule has 0 unspecified atom stereocenters. The van der Waals surface area contributed by atoms with Gasteiger partial charge in [0.05, 0.1) is 12.1 Å². The third-order valence-electron chi connectivity index (χ3n) is 7.81. The molecule has 0 radical (unpaired) electrons. The molecule has 1 saturated heterocycles. The summed E-state index contributed by atoms with van der Waals surface area (Å²) in [5, 5.41) is 32.1. The summed E-state index contributed by atoms with van der Waals surface area (Å²) < 4.78 is 15.9. The number of benzene rings is 3. The SMILES string of the molecule is Cc1c(Cl)cccc1[C@H]1[C@H](C(=O)Nc2cccc(-c3nnn[nH]3)c2)N[C@@H](CC(C)(C)C)[C@]1(C#N)c1ccc(Cl)cc1F. The molecule has 0 aliphatic carbocycles. The molecule has 1 aliphatic heterocycles. The maximum absolute atomic E-state index is 15.9. The normalized spacial score (nSPS) is 22.1. The van der Waals surface area contributed by atoms with Crippen molar-refractivity contribution >= 4 is 34.8 Å². The Morgan fingerprint density at radius 2 is 1.90 bits per heavy atom. The molecule has 8 nitrogen and oxygen atoms in total. The molecule has 0 bridgehead atoms. The Bertz CT molecular complexity index is 1660. The second-order valence-corrected chi connectivity index (χ2v) is 12.7. The monoisotopic (exact) mass is 605 g/mol. The van der Waals surface area contributed by atoms with Crippen LogP contribution < -0.4 is 10.6 Å². The van der Waals surface area contributed by atoms with Crippen molar-refractivity contribution in [2.75, 3.05) is 5.32 Å². The fraction of sp³-hybridized carbons (Fsp3) is 0.323. The molecule has 1 aliphatic rings.